The first-order valence-electron chi connectivity index (χ1n) is 18.1. The molecule has 4 aliphatic rings. The zero-order valence-corrected chi connectivity index (χ0v) is 27.3. The summed E-state index contributed by atoms with van der Waals surface area (Å²) in [6.45, 7) is 4.39. The molecule has 0 N–H and O–H groups in total. The van der Waals surface area contributed by atoms with Gasteiger partial charge in [0, 0.05) is 11.8 Å². The zero-order chi connectivity index (χ0) is 30.9. The first-order valence-corrected chi connectivity index (χ1v) is 18.1. The fraction of sp³-hybridized carbons (Fsp3) is 0.610. The molecule has 1 unspecified atom stereocenters. The second kappa shape index (κ2) is 16.3. The second-order valence-corrected chi connectivity index (χ2v) is 14.2. The van der Waals surface area contributed by atoms with E-state index in [9.17, 15) is 4.39 Å². The maximum Gasteiger partial charge on any atom is 0.162 e. The summed E-state index contributed by atoms with van der Waals surface area (Å²) in [6, 6.07) is 3.45. The van der Waals surface area contributed by atoms with Crippen molar-refractivity contribution in [2.24, 2.45) is 29.6 Å². The largest absolute Gasteiger partial charge is 0.207 e. The van der Waals surface area contributed by atoms with Gasteiger partial charge < -0.3 is 0 Å². The normalized spacial score (nSPS) is 29.4. The van der Waals surface area contributed by atoms with Crippen molar-refractivity contribution in [2.45, 2.75) is 129 Å². The number of rotatable bonds is 12. The highest BCUT2D eigenvalue weighted by molar-refractivity contribution is 5.42. The van der Waals surface area contributed by atoms with E-state index in [0.717, 1.165) is 61.0 Å². The highest BCUT2D eigenvalue weighted by atomic mass is 19.2. The number of allylic oxidation sites excluding steroid dienone is 10. The van der Waals surface area contributed by atoms with Crippen molar-refractivity contribution in [3.05, 3.63) is 94.4 Å². The number of halogens is 3. The molecule has 2 saturated carbocycles. The molecule has 240 valence electrons. The van der Waals surface area contributed by atoms with Gasteiger partial charge in [-0.15, -0.1) is 0 Å². The van der Waals surface area contributed by atoms with E-state index >= 15 is 8.78 Å². The van der Waals surface area contributed by atoms with Gasteiger partial charge in [0.25, 0.3) is 0 Å². The van der Waals surface area contributed by atoms with E-state index in [1.54, 1.807) is 12.1 Å². The second-order valence-electron chi connectivity index (χ2n) is 14.2. The first-order chi connectivity index (χ1) is 21.5. The molecule has 1 aromatic carbocycles. The fourth-order valence-corrected chi connectivity index (χ4v) is 8.50. The molecule has 0 bridgehead atoms. The Morgan fingerprint density at radius 3 is 2.14 bits per heavy atom. The number of hydrogen-bond acceptors (Lipinski definition) is 0. The molecule has 0 heterocycles. The average Bonchev–Trinajstić information content (AvgIpc) is 3.06. The third kappa shape index (κ3) is 8.29. The van der Waals surface area contributed by atoms with Crippen molar-refractivity contribution in [1.29, 1.82) is 0 Å². The Labute approximate surface area is 265 Å². The van der Waals surface area contributed by atoms with Crippen LogP contribution in [0.15, 0.2) is 71.6 Å². The third-order valence-corrected chi connectivity index (χ3v) is 11.3. The van der Waals surface area contributed by atoms with Crippen molar-refractivity contribution in [2.75, 3.05) is 0 Å². The van der Waals surface area contributed by atoms with Gasteiger partial charge in [0.2, 0.25) is 0 Å². The van der Waals surface area contributed by atoms with Gasteiger partial charge in [-0.25, -0.2) is 13.2 Å². The maximum atomic E-state index is 15.5. The molecule has 0 radical (unpaired) electrons. The molecule has 2 fully saturated rings. The summed E-state index contributed by atoms with van der Waals surface area (Å²) in [5.41, 5.74) is 2.83. The molecular weight excluding hydrogens is 549 g/mol. The van der Waals surface area contributed by atoms with Crippen LogP contribution in [0.25, 0.3) is 0 Å². The van der Waals surface area contributed by atoms with Crippen LogP contribution in [0, 0.1) is 41.2 Å². The van der Waals surface area contributed by atoms with E-state index in [0.29, 0.717) is 29.9 Å². The van der Waals surface area contributed by atoms with Crippen molar-refractivity contribution in [3.63, 3.8) is 0 Å². The van der Waals surface area contributed by atoms with E-state index in [2.05, 4.69) is 26.0 Å². The van der Waals surface area contributed by atoms with Crippen LogP contribution in [-0.4, -0.2) is 0 Å². The molecule has 0 aromatic heterocycles. The summed E-state index contributed by atoms with van der Waals surface area (Å²) in [6.07, 6.45) is 33.8. The molecule has 3 heteroatoms. The highest BCUT2D eigenvalue weighted by Crippen LogP contribution is 2.46. The summed E-state index contributed by atoms with van der Waals surface area (Å²) in [5.74, 6) is 1.36. The van der Waals surface area contributed by atoms with E-state index in [-0.39, 0.29) is 17.7 Å². The smallest absolute Gasteiger partial charge is 0.162 e. The summed E-state index contributed by atoms with van der Waals surface area (Å²) >= 11 is 0. The van der Waals surface area contributed by atoms with E-state index in [1.807, 2.05) is 30.4 Å². The Bertz CT molecular complexity index is 1230. The van der Waals surface area contributed by atoms with E-state index in [1.165, 1.54) is 64.2 Å². The lowest BCUT2D eigenvalue weighted by Crippen LogP contribution is -2.26. The van der Waals surface area contributed by atoms with Gasteiger partial charge in [-0.2, -0.15) is 0 Å². The Hall–Kier alpha value is -2.29. The molecule has 2 atom stereocenters. The van der Waals surface area contributed by atoms with Crippen molar-refractivity contribution >= 4 is 0 Å². The van der Waals surface area contributed by atoms with Crippen molar-refractivity contribution in [1.82, 2.24) is 0 Å². The minimum Gasteiger partial charge on any atom is -0.207 e. The molecule has 0 saturated heterocycles. The van der Waals surface area contributed by atoms with Gasteiger partial charge in [0.15, 0.2) is 11.6 Å². The molecule has 0 aliphatic heterocycles. The lowest BCUT2D eigenvalue weighted by atomic mass is 9.67. The minimum atomic E-state index is -0.737. The van der Waals surface area contributed by atoms with Gasteiger partial charge in [-0.3, -0.25) is 0 Å². The molecule has 0 spiro atoms. The van der Waals surface area contributed by atoms with Crippen molar-refractivity contribution < 1.29 is 13.2 Å². The van der Waals surface area contributed by atoms with E-state index in [4.69, 9.17) is 0 Å². The quantitative estimate of drug-likeness (QED) is 0.164. The molecule has 0 nitrogen and oxygen atoms in total. The Morgan fingerprint density at radius 2 is 1.48 bits per heavy atom. The highest BCUT2D eigenvalue weighted by Gasteiger charge is 2.33. The van der Waals surface area contributed by atoms with E-state index < -0.39 is 11.6 Å². The predicted octanol–water partition coefficient (Wildman–Crippen LogP) is 12.8. The predicted molar refractivity (Wildman–Crippen MR) is 179 cm³/mol. The Kier molecular flexibility index (Phi) is 12.3. The standard InChI is InChI=1S/C41H55F3/c1-3-5-7-9-11-35-24-27-38(41(44)40(35)43)34-22-18-32(19-23-34)36-25-26-37(39(42)28-36)33-20-16-31(17-21-33)30-14-12-29(13-15-30)10-8-6-4-2/h7,9,18-19,22,24,26-31,33-34,36H,3-6,8,10-17,20-21,23,25H2,1-2H3/b9-7-/t29?,30?,31?,33?,34?,36-/m0/s1. The van der Waals surface area contributed by atoms with Crippen LogP contribution in [0.3, 0.4) is 0 Å². The minimum absolute atomic E-state index is 0.0127. The number of hydrogen-bond donors (Lipinski definition) is 0. The summed E-state index contributed by atoms with van der Waals surface area (Å²) in [7, 11) is 0. The third-order valence-electron chi connectivity index (χ3n) is 11.3. The number of benzene rings is 1. The van der Waals surface area contributed by atoms with Crippen molar-refractivity contribution in [3.8, 4) is 0 Å². The van der Waals surface area contributed by atoms with Crippen LogP contribution in [0.5, 0.6) is 0 Å². The molecule has 4 aliphatic carbocycles. The SMILES string of the molecule is CCC/C=C\Cc1ccc(C2C=CC([C@@H]3C=C(F)C(C4CCC(C5CCC(CCCCC)CC5)CC4)=CC3)=CC2)c(F)c1F. The molecule has 44 heavy (non-hydrogen) atoms. The monoisotopic (exact) mass is 604 g/mol. The van der Waals surface area contributed by atoms with Gasteiger partial charge in [0.1, 0.15) is 5.83 Å². The molecule has 1 aromatic rings. The van der Waals surface area contributed by atoms with Gasteiger partial charge in [-0.05, 0) is 116 Å². The zero-order valence-electron chi connectivity index (χ0n) is 27.3. The van der Waals surface area contributed by atoms with Crippen LogP contribution in [0.4, 0.5) is 13.2 Å². The maximum absolute atomic E-state index is 15.5. The molecule has 0 amide bonds. The molecule has 5 rings (SSSR count). The summed E-state index contributed by atoms with van der Waals surface area (Å²) < 4.78 is 45.3. The molecular formula is C41H55F3. The average molecular weight is 605 g/mol. The van der Waals surface area contributed by atoms with Gasteiger partial charge >= 0.3 is 0 Å². The van der Waals surface area contributed by atoms with Gasteiger partial charge in [-0.1, -0.05) is 107 Å². The Morgan fingerprint density at radius 1 is 0.750 bits per heavy atom. The lowest BCUT2D eigenvalue weighted by Gasteiger charge is -2.38. The Balaban J connectivity index is 1.09. The lowest BCUT2D eigenvalue weighted by molar-refractivity contribution is 0.149. The summed E-state index contributed by atoms with van der Waals surface area (Å²) in [5, 5.41) is 0. The van der Waals surface area contributed by atoms with Crippen LogP contribution < -0.4 is 0 Å². The summed E-state index contributed by atoms with van der Waals surface area (Å²) in [4.78, 5) is 0. The van der Waals surface area contributed by atoms with Gasteiger partial charge in [0.05, 0.1) is 0 Å². The first kappa shape index (κ1) is 33.1. The fourth-order valence-electron chi connectivity index (χ4n) is 8.50. The topological polar surface area (TPSA) is 0 Å². The van der Waals surface area contributed by atoms with Crippen LogP contribution in [0.1, 0.15) is 134 Å². The van der Waals surface area contributed by atoms with Crippen LogP contribution in [0.2, 0.25) is 0 Å². The number of unbranched alkanes of at least 4 members (excludes halogenated alkanes) is 3. The van der Waals surface area contributed by atoms with Crippen LogP contribution >= 0.6 is 0 Å². The van der Waals surface area contributed by atoms with Crippen LogP contribution in [-0.2, 0) is 6.42 Å².